The number of nitrogens with two attached hydrogens (primary N) is 2. The molecule has 4 atom stereocenters. The summed E-state index contributed by atoms with van der Waals surface area (Å²) in [6, 6.07) is -5.44. The molecule has 0 aliphatic heterocycles. The molecule has 10 N–H and O–H groups in total. The molecule has 0 aromatic carbocycles. The minimum Gasteiger partial charge on any atom is -0.481 e. The van der Waals surface area contributed by atoms with Crippen molar-refractivity contribution in [3.63, 3.8) is 0 Å². The summed E-state index contributed by atoms with van der Waals surface area (Å²) in [4.78, 5) is 70.2. The highest BCUT2D eigenvalue weighted by Crippen LogP contribution is 2.04. The van der Waals surface area contributed by atoms with Gasteiger partial charge in [-0.1, -0.05) is 0 Å². The summed E-state index contributed by atoms with van der Waals surface area (Å²) in [7, 11) is 0. The van der Waals surface area contributed by atoms with E-state index in [-0.39, 0.29) is 25.7 Å². The second kappa shape index (κ2) is 15.8. The Labute approximate surface area is 194 Å². The largest absolute Gasteiger partial charge is 0.481 e. The summed E-state index contributed by atoms with van der Waals surface area (Å²) in [6.07, 6.45) is 0.691. The number of aliphatic hydroxyl groups is 1. The number of aliphatic hydroxyl groups excluding tert-OH is 1. The van der Waals surface area contributed by atoms with Gasteiger partial charge in [-0.25, -0.2) is 4.79 Å². The normalized spacial score (nSPS) is 14.3. The molecule has 0 spiro atoms. The smallest absolute Gasteiger partial charge is 0.326 e. The van der Waals surface area contributed by atoms with Gasteiger partial charge in [-0.3, -0.25) is 24.0 Å². The third kappa shape index (κ3) is 12.6. The zero-order valence-corrected chi connectivity index (χ0v) is 18.9. The molecule has 0 rings (SSSR count). The van der Waals surface area contributed by atoms with E-state index in [0.29, 0.717) is 5.75 Å². The standard InChI is InChI=1S/C18H31N5O9S/c1-33-7-6-11(18(31)32)22-17(30)12(8-24)23-16(29)10(3-5-14(26)27)21-15(28)9(19)2-4-13(20)25/h9-12,24H,2-8,19H2,1H3,(H2,20,25)(H,21,28)(H,22,30)(H,23,29)(H,26,27)(H,31,32). The molecule has 0 fully saturated rings. The van der Waals surface area contributed by atoms with E-state index in [1.807, 2.05) is 0 Å². The van der Waals surface area contributed by atoms with Gasteiger partial charge >= 0.3 is 11.9 Å². The van der Waals surface area contributed by atoms with Gasteiger partial charge in [-0.2, -0.15) is 11.8 Å². The predicted molar refractivity (Wildman–Crippen MR) is 117 cm³/mol. The first-order valence-corrected chi connectivity index (χ1v) is 11.3. The average molecular weight is 494 g/mol. The number of primary amides is 1. The van der Waals surface area contributed by atoms with Crippen molar-refractivity contribution in [3.8, 4) is 0 Å². The molecule has 0 aliphatic carbocycles. The van der Waals surface area contributed by atoms with Crippen LogP contribution in [0.15, 0.2) is 0 Å². The Kier molecular flexibility index (Phi) is 14.4. The second-order valence-corrected chi connectivity index (χ2v) is 8.02. The van der Waals surface area contributed by atoms with Crippen molar-refractivity contribution in [2.24, 2.45) is 11.5 Å². The number of amides is 4. The van der Waals surface area contributed by atoms with Crippen LogP contribution in [0.1, 0.15) is 32.1 Å². The molecular weight excluding hydrogens is 462 g/mol. The van der Waals surface area contributed by atoms with Crippen LogP contribution in [-0.4, -0.2) is 93.7 Å². The maximum atomic E-state index is 12.6. The van der Waals surface area contributed by atoms with Crippen LogP contribution >= 0.6 is 11.8 Å². The van der Waals surface area contributed by atoms with Crippen molar-refractivity contribution < 1.29 is 44.1 Å². The Bertz CT molecular complexity index is 721. The van der Waals surface area contributed by atoms with Crippen LogP contribution in [0.2, 0.25) is 0 Å². The van der Waals surface area contributed by atoms with Crippen LogP contribution in [0.25, 0.3) is 0 Å². The number of carboxylic acid groups (broad SMARTS) is 2. The maximum Gasteiger partial charge on any atom is 0.326 e. The highest BCUT2D eigenvalue weighted by Gasteiger charge is 2.30. The fraction of sp³-hybridized carbons (Fsp3) is 0.667. The number of nitrogens with one attached hydrogen (secondary N) is 3. The van der Waals surface area contributed by atoms with E-state index in [1.165, 1.54) is 11.8 Å². The summed E-state index contributed by atoms with van der Waals surface area (Å²) in [6.45, 7) is -0.885. The molecule has 33 heavy (non-hydrogen) atoms. The first-order valence-electron chi connectivity index (χ1n) is 9.92. The number of thioether (sulfide) groups is 1. The minimum atomic E-state index is -1.55. The van der Waals surface area contributed by atoms with E-state index in [9.17, 15) is 39.0 Å². The minimum absolute atomic E-state index is 0.106. The molecule has 4 unspecified atom stereocenters. The van der Waals surface area contributed by atoms with Gasteiger partial charge in [0.2, 0.25) is 23.6 Å². The van der Waals surface area contributed by atoms with Crippen LogP contribution in [0, 0.1) is 0 Å². The number of carbonyl (C=O) groups excluding carboxylic acids is 4. The maximum absolute atomic E-state index is 12.6. The van der Waals surface area contributed by atoms with Crippen LogP contribution in [0.5, 0.6) is 0 Å². The Hall–Kier alpha value is -2.91. The van der Waals surface area contributed by atoms with E-state index < -0.39 is 72.8 Å². The van der Waals surface area contributed by atoms with Gasteiger partial charge in [-0.15, -0.1) is 0 Å². The molecule has 0 aliphatic rings. The Morgan fingerprint density at radius 3 is 1.85 bits per heavy atom. The fourth-order valence-electron chi connectivity index (χ4n) is 2.48. The molecular formula is C18H31N5O9S. The van der Waals surface area contributed by atoms with Crippen molar-refractivity contribution in [3.05, 3.63) is 0 Å². The first-order chi connectivity index (χ1) is 15.4. The lowest BCUT2D eigenvalue weighted by Gasteiger charge is -2.24. The van der Waals surface area contributed by atoms with Gasteiger partial charge < -0.3 is 42.7 Å². The average Bonchev–Trinajstić information content (AvgIpc) is 2.74. The van der Waals surface area contributed by atoms with Crippen molar-refractivity contribution >= 4 is 47.3 Å². The predicted octanol–water partition coefficient (Wildman–Crippen LogP) is -3.27. The van der Waals surface area contributed by atoms with Crippen molar-refractivity contribution in [2.75, 3.05) is 18.6 Å². The quantitative estimate of drug-likeness (QED) is 0.0997. The third-order valence-electron chi connectivity index (χ3n) is 4.36. The van der Waals surface area contributed by atoms with Crippen molar-refractivity contribution in [2.45, 2.75) is 56.3 Å². The lowest BCUT2D eigenvalue weighted by Crippen LogP contribution is -2.58. The molecule has 4 amide bonds. The number of hydrogen-bond donors (Lipinski definition) is 8. The molecule has 0 saturated heterocycles. The molecule has 0 saturated carbocycles. The highest BCUT2D eigenvalue weighted by molar-refractivity contribution is 7.98. The Morgan fingerprint density at radius 1 is 0.818 bits per heavy atom. The molecule has 188 valence electrons. The van der Waals surface area contributed by atoms with E-state index in [2.05, 4.69) is 16.0 Å². The summed E-state index contributed by atoms with van der Waals surface area (Å²) in [5.74, 6) is -5.61. The van der Waals surface area contributed by atoms with E-state index in [4.69, 9.17) is 16.6 Å². The molecule has 0 bridgehead atoms. The number of carbonyl (C=O) groups is 6. The lowest BCUT2D eigenvalue weighted by molar-refractivity contribution is -0.142. The molecule has 0 radical (unpaired) electrons. The zero-order chi connectivity index (χ0) is 25.6. The van der Waals surface area contributed by atoms with Gasteiger partial charge in [0.05, 0.1) is 12.6 Å². The van der Waals surface area contributed by atoms with Crippen LogP contribution in [0.4, 0.5) is 0 Å². The highest BCUT2D eigenvalue weighted by atomic mass is 32.2. The van der Waals surface area contributed by atoms with Crippen LogP contribution in [0.3, 0.4) is 0 Å². The number of aliphatic carboxylic acids is 2. The van der Waals surface area contributed by atoms with Crippen LogP contribution in [-0.2, 0) is 28.8 Å². The number of rotatable bonds is 17. The monoisotopic (exact) mass is 493 g/mol. The third-order valence-corrected chi connectivity index (χ3v) is 5.00. The SMILES string of the molecule is CSCCC(NC(=O)C(CO)NC(=O)C(CCC(=O)O)NC(=O)C(N)CCC(N)=O)C(=O)O. The fourth-order valence-corrected chi connectivity index (χ4v) is 2.95. The molecule has 0 aromatic rings. The summed E-state index contributed by atoms with van der Waals surface area (Å²) in [5, 5.41) is 34.2. The summed E-state index contributed by atoms with van der Waals surface area (Å²) >= 11 is 1.37. The molecule has 0 heterocycles. The number of hydrogen-bond acceptors (Lipinski definition) is 9. The van der Waals surface area contributed by atoms with Gasteiger partial charge in [0.1, 0.15) is 18.1 Å². The van der Waals surface area contributed by atoms with E-state index in [0.717, 1.165) is 0 Å². The van der Waals surface area contributed by atoms with Crippen molar-refractivity contribution in [1.82, 2.24) is 16.0 Å². The van der Waals surface area contributed by atoms with Gasteiger partial charge in [0, 0.05) is 12.8 Å². The van der Waals surface area contributed by atoms with E-state index >= 15 is 0 Å². The van der Waals surface area contributed by atoms with Crippen LogP contribution < -0.4 is 27.4 Å². The topological polar surface area (TPSA) is 251 Å². The van der Waals surface area contributed by atoms with Gasteiger partial charge in [-0.05, 0) is 31.3 Å². The number of carboxylic acids is 2. The first kappa shape index (κ1) is 30.1. The molecule has 0 aromatic heterocycles. The Morgan fingerprint density at radius 2 is 1.36 bits per heavy atom. The second-order valence-electron chi connectivity index (χ2n) is 7.03. The van der Waals surface area contributed by atoms with E-state index in [1.54, 1.807) is 6.26 Å². The molecule has 15 heteroatoms. The van der Waals surface area contributed by atoms with Gasteiger partial charge in [0.15, 0.2) is 0 Å². The molecule has 14 nitrogen and oxygen atoms in total. The lowest BCUT2D eigenvalue weighted by atomic mass is 10.1. The zero-order valence-electron chi connectivity index (χ0n) is 18.1. The Balaban J connectivity index is 5.25. The summed E-state index contributed by atoms with van der Waals surface area (Å²) in [5.41, 5.74) is 10.6. The summed E-state index contributed by atoms with van der Waals surface area (Å²) < 4.78 is 0. The van der Waals surface area contributed by atoms with Crippen molar-refractivity contribution in [1.29, 1.82) is 0 Å². The van der Waals surface area contributed by atoms with Gasteiger partial charge in [0.25, 0.3) is 0 Å².